The van der Waals surface area contributed by atoms with Crippen molar-refractivity contribution in [2.75, 3.05) is 33.3 Å². The number of nitrogens with zero attached hydrogens (tertiary/aromatic N) is 1. The monoisotopic (exact) mass is 226 g/mol. The minimum absolute atomic E-state index is 0.481. The van der Waals surface area contributed by atoms with E-state index in [0.717, 1.165) is 19.1 Å². The van der Waals surface area contributed by atoms with Gasteiger partial charge in [0.25, 0.3) is 0 Å². The lowest BCUT2D eigenvalue weighted by atomic mass is 9.95. The average Bonchev–Trinajstić information content (AvgIpc) is 2.78. The summed E-state index contributed by atoms with van der Waals surface area (Å²) in [4.78, 5) is 2.52. The highest BCUT2D eigenvalue weighted by molar-refractivity contribution is 4.77. The Hall–Kier alpha value is -0.120. The van der Waals surface area contributed by atoms with Gasteiger partial charge in [-0.15, -0.1) is 0 Å². The van der Waals surface area contributed by atoms with Gasteiger partial charge < -0.3 is 10.1 Å². The molecule has 16 heavy (non-hydrogen) atoms. The smallest absolute Gasteiger partial charge is 0.0710 e. The van der Waals surface area contributed by atoms with Crippen molar-refractivity contribution in [2.24, 2.45) is 0 Å². The lowest BCUT2D eigenvalue weighted by Crippen LogP contribution is -2.37. The van der Waals surface area contributed by atoms with E-state index in [0.29, 0.717) is 6.10 Å². The third-order valence-corrected chi connectivity index (χ3v) is 4.03. The first-order chi connectivity index (χ1) is 7.88. The normalized spacial score (nSPS) is 28.7. The van der Waals surface area contributed by atoms with Crippen molar-refractivity contribution in [3.05, 3.63) is 0 Å². The highest BCUT2D eigenvalue weighted by Crippen LogP contribution is 2.17. The van der Waals surface area contributed by atoms with E-state index in [4.69, 9.17) is 4.74 Å². The summed E-state index contributed by atoms with van der Waals surface area (Å²) in [5.41, 5.74) is 0. The van der Waals surface area contributed by atoms with E-state index in [1.165, 1.54) is 51.6 Å². The van der Waals surface area contributed by atoms with E-state index >= 15 is 0 Å². The van der Waals surface area contributed by atoms with Crippen LogP contribution in [0.2, 0.25) is 0 Å². The van der Waals surface area contributed by atoms with E-state index in [9.17, 15) is 0 Å². The van der Waals surface area contributed by atoms with Crippen LogP contribution in [0, 0.1) is 0 Å². The second-order valence-electron chi connectivity index (χ2n) is 5.24. The Labute approximate surface area is 99.5 Å². The highest BCUT2D eigenvalue weighted by Gasteiger charge is 2.21. The van der Waals surface area contributed by atoms with Crippen LogP contribution in [0.4, 0.5) is 0 Å². The molecule has 2 rings (SSSR count). The summed E-state index contributed by atoms with van der Waals surface area (Å²) in [7, 11) is 1.83. The number of methoxy groups -OCH3 is 1. The molecule has 0 amide bonds. The van der Waals surface area contributed by atoms with Crippen LogP contribution in [0.15, 0.2) is 0 Å². The number of ether oxygens (including phenoxy) is 1. The van der Waals surface area contributed by atoms with Gasteiger partial charge in [-0.25, -0.2) is 0 Å². The zero-order valence-corrected chi connectivity index (χ0v) is 10.6. The van der Waals surface area contributed by atoms with Crippen molar-refractivity contribution in [1.29, 1.82) is 0 Å². The van der Waals surface area contributed by atoms with Crippen molar-refractivity contribution in [2.45, 2.75) is 50.7 Å². The van der Waals surface area contributed by atoms with E-state index in [1.54, 1.807) is 0 Å². The first kappa shape index (κ1) is 12.3. The Kier molecular flexibility index (Phi) is 5.07. The molecule has 94 valence electrons. The predicted molar refractivity (Wildman–Crippen MR) is 66.7 cm³/mol. The summed E-state index contributed by atoms with van der Waals surface area (Å²) in [5, 5.41) is 3.70. The van der Waals surface area contributed by atoms with Crippen LogP contribution < -0.4 is 5.32 Å². The summed E-state index contributed by atoms with van der Waals surface area (Å²) in [6, 6.07) is 0.801. The van der Waals surface area contributed by atoms with E-state index in [2.05, 4.69) is 10.2 Å². The van der Waals surface area contributed by atoms with Crippen LogP contribution in [0.1, 0.15) is 38.5 Å². The fourth-order valence-corrected chi connectivity index (χ4v) is 2.93. The molecule has 3 heteroatoms. The lowest BCUT2D eigenvalue weighted by Gasteiger charge is -2.24. The molecular formula is C13H26N2O. The van der Waals surface area contributed by atoms with Gasteiger partial charge in [0.1, 0.15) is 0 Å². The highest BCUT2D eigenvalue weighted by atomic mass is 16.5. The van der Waals surface area contributed by atoms with Crippen molar-refractivity contribution < 1.29 is 4.74 Å². The Bertz CT molecular complexity index is 192. The van der Waals surface area contributed by atoms with Gasteiger partial charge in [-0.1, -0.05) is 19.3 Å². The minimum atomic E-state index is 0.481. The molecule has 1 heterocycles. The maximum atomic E-state index is 5.38. The van der Waals surface area contributed by atoms with Gasteiger partial charge in [-0.05, 0) is 19.3 Å². The van der Waals surface area contributed by atoms with Gasteiger partial charge >= 0.3 is 0 Å². The summed E-state index contributed by atoms with van der Waals surface area (Å²) >= 11 is 0. The van der Waals surface area contributed by atoms with Crippen molar-refractivity contribution in [1.82, 2.24) is 10.2 Å². The average molecular weight is 226 g/mol. The van der Waals surface area contributed by atoms with Gasteiger partial charge in [-0.2, -0.15) is 0 Å². The number of rotatable bonds is 5. The molecule has 1 saturated carbocycles. The van der Waals surface area contributed by atoms with Crippen LogP contribution in [-0.4, -0.2) is 50.3 Å². The zero-order valence-electron chi connectivity index (χ0n) is 10.6. The molecular weight excluding hydrogens is 200 g/mol. The molecule has 1 aliphatic heterocycles. The van der Waals surface area contributed by atoms with Crippen molar-refractivity contribution in [3.8, 4) is 0 Å². The molecule has 0 spiro atoms. The Morgan fingerprint density at radius 1 is 1.19 bits per heavy atom. The Balaban J connectivity index is 1.54. The number of likely N-dealkylation sites (tertiary alicyclic amines) is 1. The maximum absolute atomic E-state index is 5.38. The first-order valence-electron chi connectivity index (χ1n) is 6.87. The third-order valence-electron chi connectivity index (χ3n) is 4.03. The third kappa shape index (κ3) is 3.72. The standard InChI is InChI=1S/C13H26N2O/c1-16-13-7-9-15(11-13)10-8-14-12-5-3-2-4-6-12/h12-14H,2-11H2,1H3. The molecule has 0 aromatic heterocycles. The second-order valence-corrected chi connectivity index (χ2v) is 5.24. The van der Waals surface area contributed by atoms with Crippen LogP contribution in [-0.2, 0) is 4.74 Å². The SMILES string of the molecule is COC1CCN(CCNC2CCCCC2)C1. The minimum Gasteiger partial charge on any atom is -0.380 e. The van der Waals surface area contributed by atoms with Crippen LogP contribution in [0.3, 0.4) is 0 Å². The molecule has 1 aliphatic carbocycles. The Morgan fingerprint density at radius 2 is 2.00 bits per heavy atom. The molecule has 0 aromatic carbocycles. The van der Waals surface area contributed by atoms with Gasteiger partial charge in [0.2, 0.25) is 0 Å². The topological polar surface area (TPSA) is 24.5 Å². The molecule has 1 unspecified atom stereocenters. The molecule has 2 fully saturated rings. The van der Waals surface area contributed by atoms with E-state index < -0.39 is 0 Å². The molecule has 3 nitrogen and oxygen atoms in total. The predicted octanol–water partition coefficient (Wildman–Crippen LogP) is 1.63. The fourth-order valence-electron chi connectivity index (χ4n) is 2.93. The molecule has 0 bridgehead atoms. The fraction of sp³-hybridized carbons (Fsp3) is 1.00. The van der Waals surface area contributed by atoms with Crippen molar-refractivity contribution in [3.63, 3.8) is 0 Å². The van der Waals surface area contributed by atoms with Gasteiger partial charge in [0.05, 0.1) is 6.10 Å². The number of nitrogens with one attached hydrogen (secondary N) is 1. The summed E-state index contributed by atoms with van der Waals surface area (Å²) in [6.45, 7) is 4.69. The maximum Gasteiger partial charge on any atom is 0.0710 e. The number of hydrogen-bond acceptors (Lipinski definition) is 3. The molecule has 1 atom stereocenters. The molecule has 0 radical (unpaired) electrons. The Morgan fingerprint density at radius 3 is 2.69 bits per heavy atom. The van der Waals surface area contributed by atoms with Crippen LogP contribution in [0.25, 0.3) is 0 Å². The van der Waals surface area contributed by atoms with Crippen LogP contribution in [0.5, 0.6) is 0 Å². The van der Waals surface area contributed by atoms with E-state index in [-0.39, 0.29) is 0 Å². The van der Waals surface area contributed by atoms with Crippen molar-refractivity contribution >= 4 is 0 Å². The second kappa shape index (κ2) is 6.58. The molecule has 2 aliphatic rings. The summed E-state index contributed by atoms with van der Waals surface area (Å²) < 4.78 is 5.38. The lowest BCUT2D eigenvalue weighted by molar-refractivity contribution is 0.108. The first-order valence-corrected chi connectivity index (χ1v) is 6.87. The van der Waals surface area contributed by atoms with E-state index in [1.807, 2.05) is 7.11 Å². The molecule has 0 aromatic rings. The largest absolute Gasteiger partial charge is 0.380 e. The summed E-state index contributed by atoms with van der Waals surface area (Å²) in [6.07, 6.45) is 8.76. The quantitative estimate of drug-likeness (QED) is 0.771. The zero-order chi connectivity index (χ0) is 11.2. The van der Waals surface area contributed by atoms with Crippen LogP contribution >= 0.6 is 0 Å². The number of hydrogen-bond donors (Lipinski definition) is 1. The van der Waals surface area contributed by atoms with Gasteiger partial charge in [0.15, 0.2) is 0 Å². The summed E-state index contributed by atoms with van der Waals surface area (Å²) in [5.74, 6) is 0. The molecule has 1 saturated heterocycles. The van der Waals surface area contributed by atoms with Gasteiger partial charge in [0, 0.05) is 39.3 Å². The van der Waals surface area contributed by atoms with Gasteiger partial charge in [-0.3, -0.25) is 4.90 Å². The molecule has 1 N–H and O–H groups in total.